The molecular formula is C28H26N2O6. The average Bonchev–Trinajstić information content (AvgIpc) is 3.23. The van der Waals surface area contributed by atoms with E-state index in [4.69, 9.17) is 9.47 Å². The van der Waals surface area contributed by atoms with Crippen molar-refractivity contribution in [3.8, 4) is 0 Å². The van der Waals surface area contributed by atoms with Gasteiger partial charge in [-0.1, -0.05) is 91.0 Å². The van der Waals surface area contributed by atoms with Crippen molar-refractivity contribution < 1.29 is 19.7 Å². The molecule has 1 saturated heterocycles. The molecule has 3 aromatic carbocycles. The van der Waals surface area contributed by atoms with Gasteiger partial charge in [-0.2, -0.15) is 0 Å². The first-order valence-corrected chi connectivity index (χ1v) is 11.6. The Morgan fingerprint density at radius 2 is 1.33 bits per heavy atom. The summed E-state index contributed by atoms with van der Waals surface area (Å²) in [4.78, 5) is 26.6. The van der Waals surface area contributed by atoms with Gasteiger partial charge in [-0.3, -0.25) is 14.3 Å². The summed E-state index contributed by atoms with van der Waals surface area (Å²) in [6.07, 6.45) is -3.18. The van der Waals surface area contributed by atoms with Crippen LogP contribution in [0.4, 0.5) is 0 Å². The van der Waals surface area contributed by atoms with Crippen molar-refractivity contribution in [2.45, 2.75) is 30.1 Å². The molecule has 8 nitrogen and oxygen atoms in total. The van der Waals surface area contributed by atoms with E-state index in [0.29, 0.717) is 0 Å². The van der Waals surface area contributed by atoms with Gasteiger partial charge >= 0.3 is 5.69 Å². The summed E-state index contributed by atoms with van der Waals surface area (Å²) in [7, 11) is 0. The molecular weight excluding hydrogens is 460 g/mol. The fourth-order valence-corrected chi connectivity index (χ4v) is 4.77. The lowest BCUT2D eigenvalue weighted by molar-refractivity contribution is -0.124. The first-order valence-electron chi connectivity index (χ1n) is 11.6. The van der Waals surface area contributed by atoms with Gasteiger partial charge in [-0.25, -0.2) is 4.79 Å². The van der Waals surface area contributed by atoms with Crippen LogP contribution in [-0.2, 0) is 15.1 Å². The van der Waals surface area contributed by atoms with E-state index in [2.05, 4.69) is 4.98 Å². The van der Waals surface area contributed by atoms with E-state index in [1.165, 1.54) is 12.3 Å². The molecule has 184 valence electrons. The summed E-state index contributed by atoms with van der Waals surface area (Å²) >= 11 is 0. The third-order valence-electron chi connectivity index (χ3n) is 6.47. The molecule has 8 heteroatoms. The zero-order valence-electron chi connectivity index (χ0n) is 19.3. The van der Waals surface area contributed by atoms with Gasteiger partial charge in [0.15, 0.2) is 6.23 Å². The molecule has 1 aromatic heterocycles. The molecule has 0 unspecified atom stereocenters. The van der Waals surface area contributed by atoms with Gasteiger partial charge in [0.25, 0.3) is 5.56 Å². The molecule has 1 aliphatic heterocycles. The second kappa shape index (κ2) is 10.0. The van der Waals surface area contributed by atoms with Gasteiger partial charge < -0.3 is 19.7 Å². The van der Waals surface area contributed by atoms with E-state index >= 15 is 0 Å². The minimum Gasteiger partial charge on any atom is -0.394 e. The standard InChI is InChI=1S/C28H26N2O6/c31-18-22-24(33)25(26(35-22)30-17-16-23(32)29-27(30)34)36-28(19-10-4-1-5-11-19,20-12-6-2-7-13-20)21-14-8-3-9-15-21/h1-17,22,24-26,31,33H,18H2,(H,29,32,34)/t22-,24-,25-,26-/m1/s1. The Morgan fingerprint density at radius 1 is 0.833 bits per heavy atom. The van der Waals surface area contributed by atoms with Crippen molar-refractivity contribution in [1.29, 1.82) is 0 Å². The van der Waals surface area contributed by atoms with Crippen LogP contribution in [0.5, 0.6) is 0 Å². The van der Waals surface area contributed by atoms with Crippen molar-refractivity contribution in [2.75, 3.05) is 6.61 Å². The maximum Gasteiger partial charge on any atom is 0.330 e. The molecule has 3 N–H and O–H groups in total. The SMILES string of the molecule is O=c1ccn([C@@H]2O[C@H](CO)[C@@H](O)[C@H]2OC(c2ccccc2)(c2ccccc2)c2ccccc2)c(=O)[nH]1. The second-order valence-corrected chi connectivity index (χ2v) is 8.62. The molecule has 0 aliphatic carbocycles. The first kappa shape index (κ1) is 23.9. The Balaban J connectivity index is 1.73. The van der Waals surface area contributed by atoms with Gasteiger partial charge in [-0.05, 0) is 16.7 Å². The van der Waals surface area contributed by atoms with Crippen LogP contribution in [0.25, 0.3) is 0 Å². The number of benzene rings is 3. The predicted molar refractivity (Wildman–Crippen MR) is 132 cm³/mol. The van der Waals surface area contributed by atoms with Crippen molar-refractivity contribution in [3.05, 3.63) is 141 Å². The Kier molecular flexibility index (Phi) is 6.67. The lowest BCUT2D eigenvalue weighted by atomic mass is 9.79. The highest BCUT2D eigenvalue weighted by molar-refractivity contribution is 5.47. The fraction of sp³-hybridized carbons (Fsp3) is 0.214. The van der Waals surface area contributed by atoms with Crippen molar-refractivity contribution in [3.63, 3.8) is 0 Å². The van der Waals surface area contributed by atoms with E-state index in [1.54, 1.807) is 0 Å². The largest absolute Gasteiger partial charge is 0.394 e. The molecule has 1 aliphatic rings. The van der Waals surface area contributed by atoms with Crippen molar-refractivity contribution in [2.24, 2.45) is 0 Å². The number of aromatic amines is 1. The molecule has 1 fully saturated rings. The zero-order chi connectivity index (χ0) is 25.1. The van der Waals surface area contributed by atoms with Crippen LogP contribution in [0.2, 0.25) is 0 Å². The number of aliphatic hydroxyl groups is 2. The predicted octanol–water partition coefficient (Wildman–Crippen LogP) is 2.16. The highest BCUT2D eigenvalue weighted by Gasteiger charge is 2.51. The van der Waals surface area contributed by atoms with E-state index < -0.39 is 48.0 Å². The van der Waals surface area contributed by atoms with Crippen LogP contribution in [0.1, 0.15) is 22.9 Å². The average molecular weight is 487 g/mol. The van der Waals surface area contributed by atoms with Crippen LogP contribution in [0.3, 0.4) is 0 Å². The molecule has 0 amide bonds. The third-order valence-corrected chi connectivity index (χ3v) is 6.47. The van der Waals surface area contributed by atoms with E-state index in [0.717, 1.165) is 21.3 Å². The van der Waals surface area contributed by atoms with Crippen LogP contribution < -0.4 is 11.2 Å². The smallest absolute Gasteiger partial charge is 0.330 e. The summed E-state index contributed by atoms with van der Waals surface area (Å²) in [5, 5.41) is 21.1. The van der Waals surface area contributed by atoms with Crippen molar-refractivity contribution >= 4 is 0 Å². The molecule has 0 radical (unpaired) electrons. The number of hydrogen-bond donors (Lipinski definition) is 3. The second-order valence-electron chi connectivity index (χ2n) is 8.62. The molecule has 36 heavy (non-hydrogen) atoms. The lowest BCUT2D eigenvalue weighted by Crippen LogP contribution is -2.45. The normalized spacial score (nSPS) is 21.9. The molecule has 0 saturated carbocycles. The highest BCUT2D eigenvalue weighted by atomic mass is 16.6. The van der Waals surface area contributed by atoms with Crippen molar-refractivity contribution in [1.82, 2.24) is 9.55 Å². The molecule has 2 heterocycles. The quantitative estimate of drug-likeness (QED) is 0.345. The fourth-order valence-electron chi connectivity index (χ4n) is 4.77. The van der Waals surface area contributed by atoms with E-state index in [9.17, 15) is 19.8 Å². The third kappa shape index (κ3) is 4.20. The monoisotopic (exact) mass is 486 g/mol. The lowest BCUT2D eigenvalue weighted by Gasteiger charge is -2.39. The summed E-state index contributed by atoms with van der Waals surface area (Å²) in [6.45, 7) is -0.482. The maximum absolute atomic E-state index is 12.7. The Bertz CT molecular complexity index is 1310. The highest BCUT2D eigenvalue weighted by Crippen LogP contribution is 2.45. The Hall–Kier alpha value is -3.82. The van der Waals surface area contributed by atoms with Gasteiger partial charge in [0, 0.05) is 12.3 Å². The van der Waals surface area contributed by atoms with E-state index in [-0.39, 0.29) is 0 Å². The number of hydrogen-bond acceptors (Lipinski definition) is 6. The van der Waals surface area contributed by atoms with Crippen LogP contribution in [0, 0.1) is 0 Å². The van der Waals surface area contributed by atoms with Crippen LogP contribution in [-0.4, -0.2) is 44.7 Å². The summed E-state index contributed by atoms with van der Waals surface area (Å²) in [5.41, 5.74) is -0.0682. The minimum absolute atomic E-state index is 0.482. The zero-order valence-corrected chi connectivity index (χ0v) is 19.3. The summed E-state index contributed by atoms with van der Waals surface area (Å²) < 4.78 is 14.0. The Morgan fingerprint density at radius 3 is 1.78 bits per heavy atom. The number of H-pyrrole nitrogens is 1. The molecule has 0 bridgehead atoms. The van der Waals surface area contributed by atoms with Gasteiger partial charge in [0.05, 0.1) is 6.61 Å². The number of aliphatic hydroxyl groups excluding tert-OH is 2. The molecule has 0 spiro atoms. The molecule has 4 aromatic rings. The number of aromatic nitrogens is 2. The number of nitrogens with one attached hydrogen (secondary N) is 1. The van der Waals surface area contributed by atoms with E-state index in [1.807, 2.05) is 91.0 Å². The van der Waals surface area contributed by atoms with Gasteiger partial charge in [0.1, 0.15) is 23.9 Å². The number of rotatable bonds is 7. The maximum atomic E-state index is 12.7. The number of ether oxygens (including phenoxy) is 2. The minimum atomic E-state index is -1.27. The Labute approximate surface area is 207 Å². The number of nitrogens with zero attached hydrogens (tertiary/aromatic N) is 1. The molecule has 5 rings (SSSR count). The van der Waals surface area contributed by atoms with Crippen LogP contribution >= 0.6 is 0 Å². The van der Waals surface area contributed by atoms with Gasteiger partial charge in [-0.15, -0.1) is 0 Å². The molecule has 4 atom stereocenters. The summed E-state index contributed by atoms with van der Waals surface area (Å²) in [5.74, 6) is 0. The topological polar surface area (TPSA) is 114 Å². The summed E-state index contributed by atoms with van der Waals surface area (Å²) in [6, 6.07) is 30.0. The van der Waals surface area contributed by atoms with Crippen LogP contribution in [0.15, 0.2) is 113 Å². The van der Waals surface area contributed by atoms with Gasteiger partial charge in [0.2, 0.25) is 0 Å². The first-order chi connectivity index (χ1) is 17.5.